The molecule has 0 aliphatic rings. The largest absolute Gasteiger partial charge is 0.379 e. The van der Waals surface area contributed by atoms with E-state index in [0.29, 0.717) is 17.8 Å². The van der Waals surface area contributed by atoms with E-state index in [0.717, 1.165) is 0 Å². The predicted octanol–water partition coefficient (Wildman–Crippen LogP) is 1.63. The third kappa shape index (κ3) is 2.82. The Bertz CT molecular complexity index is 681. The molecular formula is C13H14N4O3. The van der Waals surface area contributed by atoms with Crippen LogP contribution in [0.5, 0.6) is 0 Å². The molecule has 0 spiro atoms. The fraction of sp³-hybridized carbons (Fsp3) is 0.231. The van der Waals surface area contributed by atoms with Crippen LogP contribution in [0.3, 0.4) is 0 Å². The Labute approximate surface area is 115 Å². The van der Waals surface area contributed by atoms with Crippen molar-refractivity contribution < 1.29 is 4.92 Å². The third-order valence-corrected chi connectivity index (χ3v) is 2.80. The van der Waals surface area contributed by atoms with Crippen molar-refractivity contribution in [3.63, 3.8) is 0 Å². The van der Waals surface area contributed by atoms with Gasteiger partial charge in [0.15, 0.2) is 0 Å². The Morgan fingerprint density at radius 2 is 2.20 bits per heavy atom. The maximum absolute atomic E-state index is 11.6. The standard InChI is InChI=1S/C13H14N4O3/c1-2-14-12-10(5-3-6-11(12)17(19)20)9-16-8-4-7-15-13(16)18/h3-8,14H,2,9H2,1H3. The van der Waals surface area contributed by atoms with Gasteiger partial charge in [-0.05, 0) is 13.0 Å². The van der Waals surface area contributed by atoms with Crippen LogP contribution in [0.25, 0.3) is 0 Å². The SMILES string of the molecule is CCNc1c(Cn2cccnc2=O)cccc1[N+](=O)[O-]. The highest BCUT2D eigenvalue weighted by molar-refractivity contribution is 5.66. The van der Waals surface area contributed by atoms with Gasteiger partial charge in [0.2, 0.25) is 0 Å². The molecule has 0 saturated carbocycles. The summed E-state index contributed by atoms with van der Waals surface area (Å²) in [5.41, 5.74) is 0.731. The van der Waals surface area contributed by atoms with Gasteiger partial charge in [-0.1, -0.05) is 12.1 Å². The van der Waals surface area contributed by atoms with Crippen LogP contribution in [0, 0.1) is 10.1 Å². The second-order valence-electron chi connectivity index (χ2n) is 4.13. The predicted molar refractivity (Wildman–Crippen MR) is 74.9 cm³/mol. The van der Waals surface area contributed by atoms with E-state index in [-0.39, 0.29) is 17.9 Å². The van der Waals surface area contributed by atoms with Crippen molar-refractivity contribution in [1.82, 2.24) is 9.55 Å². The van der Waals surface area contributed by atoms with Crippen molar-refractivity contribution in [2.24, 2.45) is 0 Å². The molecule has 1 heterocycles. The van der Waals surface area contributed by atoms with Crippen LogP contribution >= 0.6 is 0 Å². The Kier molecular flexibility index (Phi) is 4.09. The lowest BCUT2D eigenvalue weighted by molar-refractivity contribution is -0.384. The Morgan fingerprint density at radius 1 is 1.40 bits per heavy atom. The molecule has 104 valence electrons. The van der Waals surface area contributed by atoms with E-state index >= 15 is 0 Å². The average Bonchev–Trinajstić information content (AvgIpc) is 2.43. The summed E-state index contributed by atoms with van der Waals surface area (Å²) in [7, 11) is 0. The van der Waals surface area contributed by atoms with Gasteiger partial charge >= 0.3 is 5.69 Å². The van der Waals surface area contributed by atoms with E-state index in [1.54, 1.807) is 24.4 Å². The molecule has 7 nitrogen and oxygen atoms in total. The molecule has 0 atom stereocenters. The fourth-order valence-electron chi connectivity index (χ4n) is 1.94. The third-order valence-electron chi connectivity index (χ3n) is 2.80. The first-order valence-electron chi connectivity index (χ1n) is 6.15. The summed E-state index contributed by atoms with van der Waals surface area (Å²) >= 11 is 0. The lowest BCUT2D eigenvalue weighted by Gasteiger charge is -2.12. The monoisotopic (exact) mass is 274 g/mol. The molecule has 0 saturated heterocycles. The highest BCUT2D eigenvalue weighted by Crippen LogP contribution is 2.28. The molecule has 0 unspecified atom stereocenters. The molecule has 1 aromatic heterocycles. The van der Waals surface area contributed by atoms with Crippen LogP contribution in [0.4, 0.5) is 11.4 Å². The summed E-state index contributed by atoms with van der Waals surface area (Å²) in [5.74, 6) is 0. The number of nitro groups is 1. The van der Waals surface area contributed by atoms with Gasteiger partial charge in [0.25, 0.3) is 5.69 Å². The zero-order chi connectivity index (χ0) is 14.5. The molecule has 2 rings (SSSR count). The molecule has 0 radical (unpaired) electrons. The highest BCUT2D eigenvalue weighted by atomic mass is 16.6. The molecule has 7 heteroatoms. The van der Waals surface area contributed by atoms with Crippen molar-refractivity contribution >= 4 is 11.4 Å². The summed E-state index contributed by atoms with van der Waals surface area (Å²) in [6, 6.07) is 6.44. The first kappa shape index (κ1) is 13.7. The topological polar surface area (TPSA) is 90.1 Å². The summed E-state index contributed by atoms with van der Waals surface area (Å²) < 4.78 is 1.40. The second-order valence-corrected chi connectivity index (χ2v) is 4.13. The minimum atomic E-state index is -0.437. The van der Waals surface area contributed by atoms with Gasteiger partial charge in [0, 0.05) is 30.6 Å². The van der Waals surface area contributed by atoms with E-state index in [1.165, 1.54) is 16.8 Å². The van der Waals surface area contributed by atoms with Crippen LogP contribution in [0.2, 0.25) is 0 Å². The molecule has 0 bridgehead atoms. The van der Waals surface area contributed by atoms with Gasteiger partial charge in [0.05, 0.1) is 11.5 Å². The van der Waals surface area contributed by atoms with Gasteiger partial charge in [-0.15, -0.1) is 0 Å². The number of rotatable bonds is 5. The molecule has 2 aromatic rings. The summed E-state index contributed by atoms with van der Waals surface area (Å²) in [6.45, 7) is 2.65. The summed E-state index contributed by atoms with van der Waals surface area (Å²) in [4.78, 5) is 25.9. The average molecular weight is 274 g/mol. The maximum atomic E-state index is 11.6. The Morgan fingerprint density at radius 3 is 2.85 bits per heavy atom. The van der Waals surface area contributed by atoms with E-state index < -0.39 is 4.92 Å². The van der Waals surface area contributed by atoms with Crippen molar-refractivity contribution in [3.05, 3.63) is 62.8 Å². The number of aromatic nitrogens is 2. The van der Waals surface area contributed by atoms with Crippen LogP contribution < -0.4 is 11.0 Å². The number of nitro benzene ring substituents is 1. The van der Waals surface area contributed by atoms with Crippen LogP contribution in [0.1, 0.15) is 12.5 Å². The van der Waals surface area contributed by atoms with Crippen LogP contribution in [0.15, 0.2) is 41.5 Å². The number of nitrogens with one attached hydrogen (secondary N) is 1. The van der Waals surface area contributed by atoms with Crippen LogP contribution in [-0.4, -0.2) is 21.0 Å². The molecular weight excluding hydrogens is 260 g/mol. The quantitative estimate of drug-likeness (QED) is 0.661. The molecule has 0 fully saturated rings. The van der Waals surface area contributed by atoms with Gasteiger partial charge in [-0.3, -0.25) is 14.7 Å². The van der Waals surface area contributed by atoms with E-state index in [1.807, 2.05) is 6.92 Å². The number of hydrogen-bond donors (Lipinski definition) is 1. The smallest absolute Gasteiger partial charge is 0.347 e. The molecule has 0 amide bonds. The van der Waals surface area contributed by atoms with Crippen molar-refractivity contribution in [2.45, 2.75) is 13.5 Å². The fourth-order valence-corrected chi connectivity index (χ4v) is 1.94. The number of hydrogen-bond acceptors (Lipinski definition) is 5. The molecule has 1 aromatic carbocycles. The molecule has 0 aliphatic heterocycles. The highest BCUT2D eigenvalue weighted by Gasteiger charge is 2.17. The maximum Gasteiger partial charge on any atom is 0.347 e. The molecule has 1 N–H and O–H groups in total. The van der Waals surface area contributed by atoms with Crippen molar-refractivity contribution in [3.8, 4) is 0 Å². The number of para-hydroxylation sites is 1. The number of anilines is 1. The second kappa shape index (κ2) is 5.96. The summed E-state index contributed by atoms with van der Waals surface area (Å²) in [6.07, 6.45) is 3.02. The number of nitrogens with zero attached hydrogens (tertiary/aromatic N) is 3. The van der Waals surface area contributed by atoms with E-state index in [9.17, 15) is 14.9 Å². The van der Waals surface area contributed by atoms with Crippen LogP contribution in [-0.2, 0) is 6.54 Å². The van der Waals surface area contributed by atoms with Crippen molar-refractivity contribution in [2.75, 3.05) is 11.9 Å². The minimum absolute atomic E-state index is 0.00119. The first-order chi connectivity index (χ1) is 9.63. The van der Waals surface area contributed by atoms with E-state index in [4.69, 9.17) is 0 Å². The Balaban J connectivity index is 2.46. The van der Waals surface area contributed by atoms with Gasteiger partial charge in [-0.2, -0.15) is 0 Å². The van der Waals surface area contributed by atoms with Crippen molar-refractivity contribution in [1.29, 1.82) is 0 Å². The zero-order valence-electron chi connectivity index (χ0n) is 10.9. The van der Waals surface area contributed by atoms with Gasteiger partial charge in [-0.25, -0.2) is 9.78 Å². The normalized spacial score (nSPS) is 10.2. The minimum Gasteiger partial charge on any atom is -0.379 e. The van der Waals surface area contributed by atoms with E-state index in [2.05, 4.69) is 10.3 Å². The van der Waals surface area contributed by atoms with Gasteiger partial charge < -0.3 is 5.32 Å². The summed E-state index contributed by atoms with van der Waals surface area (Å²) in [5, 5.41) is 14.0. The Hall–Kier alpha value is -2.70. The number of benzene rings is 1. The van der Waals surface area contributed by atoms with Gasteiger partial charge in [0.1, 0.15) is 5.69 Å². The lowest BCUT2D eigenvalue weighted by atomic mass is 10.1. The lowest BCUT2D eigenvalue weighted by Crippen LogP contribution is -2.22. The first-order valence-corrected chi connectivity index (χ1v) is 6.15. The molecule has 0 aliphatic carbocycles. The molecule has 20 heavy (non-hydrogen) atoms. The zero-order valence-corrected chi connectivity index (χ0v) is 10.9.